The summed E-state index contributed by atoms with van der Waals surface area (Å²) in [5, 5.41) is 7.51. The molecule has 1 aromatic heterocycles. The lowest BCUT2D eigenvalue weighted by Crippen LogP contribution is -2.53. The number of alkyl halides is 3. The van der Waals surface area contributed by atoms with Gasteiger partial charge in [-0.05, 0) is 54.3 Å². The molecule has 202 valence electrons. The highest BCUT2D eigenvalue weighted by Gasteiger charge is 2.48. The Morgan fingerprint density at radius 3 is 2.33 bits per heavy atom. The molecule has 1 saturated heterocycles. The van der Waals surface area contributed by atoms with Gasteiger partial charge in [0, 0.05) is 36.2 Å². The zero-order chi connectivity index (χ0) is 27.5. The van der Waals surface area contributed by atoms with Crippen molar-refractivity contribution in [2.45, 2.75) is 37.1 Å². The highest BCUT2D eigenvalue weighted by atomic mass is 19.4. The van der Waals surface area contributed by atoms with Crippen LogP contribution in [0.3, 0.4) is 0 Å². The molecule has 3 aromatic carbocycles. The molecular formula is C30H27F4N3O2. The lowest BCUT2D eigenvalue weighted by Gasteiger charge is -2.46. The average Bonchev–Trinajstić information content (AvgIpc) is 3.44. The Hall–Kier alpha value is -3.98. The zero-order valence-corrected chi connectivity index (χ0v) is 21.0. The van der Waals surface area contributed by atoms with Gasteiger partial charge in [0.1, 0.15) is 5.82 Å². The zero-order valence-electron chi connectivity index (χ0n) is 21.0. The Morgan fingerprint density at radius 1 is 1.00 bits per heavy atom. The van der Waals surface area contributed by atoms with Crippen molar-refractivity contribution in [1.82, 2.24) is 15.1 Å². The van der Waals surface area contributed by atoms with E-state index in [1.165, 1.54) is 12.1 Å². The maximum absolute atomic E-state index is 13.5. The van der Waals surface area contributed by atoms with Crippen LogP contribution in [0, 0.1) is 5.82 Å². The lowest BCUT2D eigenvalue weighted by atomic mass is 9.69. The van der Waals surface area contributed by atoms with Crippen LogP contribution in [0.2, 0.25) is 0 Å². The van der Waals surface area contributed by atoms with E-state index < -0.39 is 23.8 Å². The highest BCUT2D eigenvalue weighted by Crippen LogP contribution is 2.44. The monoisotopic (exact) mass is 537 g/mol. The Labute approximate surface area is 223 Å². The first-order valence-electron chi connectivity index (χ1n) is 12.7. The third-order valence-corrected chi connectivity index (χ3v) is 7.32. The largest absolute Gasteiger partial charge is 0.490 e. The Morgan fingerprint density at radius 2 is 1.67 bits per heavy atom. The summed E-state index contributed by atoms with van der Waals surface area (Å²) in [6, 6.07) is 26.8. The van der Waals surface area contributed by atoms with Gasteiger partial charge < -0.3 is 4.74 Å². The average molecular weight is 538 g/mol. The van der Waals surface area contributed by atoms with Crippen LogP contribution >= 0.6 is 0 Å². The molecule has 0 saturated carbocycles. The number of aromatic amines is 1. The number of halogens is 4. The fourth-order valence-corrected chi connectivity index (χ4v) is 5.24. The molecule has 0 amide bonds. The topological polar surface area (TPSA) is 58.2 Å². The lowest BCUT2D eigenvalue weighted by molar-refractivity contribution is -0.216. The highest BCUT2D eigenvalue weighted by molar-refractivity contribution is 5.75. The van der Waals surface area contributed by atoms with Gasteiger partial charge in [0.05, 0.1) is 5.69 Å². The molecule has 0 spiro atoms. The van der Waals surface area contributed by atoms with Gasteiger partial charge in [-0.2, -0.15) is 18.3 Å². The Kier molecular flexibility index (Phi) is 7.52. The van der Waals surface area contributed by atoms with Crippen molar-refractivity contribution in [3.05, 3.63) is 114 Å². The Balaban J connectivity index is 1.50. The maximum atomic E-state index is 13.5. The Bertz CT molecular complexity index is 1390. The van der Waals surface area contributed by atoms with E-state index in [4.69, 9.17) is 4.74 Å². The summed E-state index contributed by atoms with van der Waals surface area (Å²) in [4.78, 5) is 13.8. The summed E-state index contributed by atoms with van der Waals surface area (Å²) in [6.45, 7) is 0.816. The normalized spacial score (nSPS) is 20.1. The van der Waals surface area contributed by atoms with Gasteiger partial charge in [-0.3, -0.25) is 10.00 Å². The number of hydrogen-bond acceptors (Lipinski definition) is 4. The quantitative estimate of drug-likeness (QED) is 0.223. The summed E-state index contributed by atoms with van der Waals surface area (Å²) < 4.78 is 58.5. The molecule has 0 radical (unpaired) electrons. The fourth-order valence-electron chi connectivity index (χ4n) is 5.24. The second-order valence-corrected chi connectivity index (χ2v) is 9.71. The van der Waals surface area contributed by atoms with Gasteiger partial charge in [-0.1, -0.05) is 60.7 Å². The van der Waals surface area contributed by atoms with Gasteiger partial charge >= 0.3 is 12.1 Å². The first-order valence-corrected chi connectivity index (χ1v) is 12.7. The van der Waals surface area contributed by atoms with E-state index in [0.717, 1.165) is 11.1 Å². The molecule has 1 aliphatic heterocycles. The number of aromatic nitrogens is 2. The van der Waals surface area contributed by atoms with Crippen molar-refractivity contribution in [3.8, 4) is 11.3 Å². The fraction of sp³-hybridized carbons (Fsp3) is 0.267. The van der Waals surface area contributed by atoms with Crippen molar-refractivity contribution in [2.75, 3.05) is 13.1 Å². The number of benzene rings is 3. The first kappa shape index (κ1) is 26.6. The van der Waals surface area contributed by atoms with Crippen LogP contribution in [0.4, 0.5) is 17.6 Å². The van der Waals surface area contributed by atoms with Crippen molar-refractivity contribution < 1.29 is 27.1 Å². The number of H-pyrrole nitrogens is 1. The molecule has 39 heavy (non-hydrogen) atoms. The number of likely N-dealkylation sites (tertiary alicyclic amines) is 1. The van der Waals surface area contributed by atoms with Gasteiger partial charge in [-0.25, -0.2) is 9.18 Å². The van der Waals surface area contributed by atoms with Gasteiger partial charge in [0.25, 0.3) is 0 Å². The van der Waals surface area contributed by atoms with Gasteiger partial charge in [0.2, 0.25) is 0 Å². The molecule has 0 bridgehead atoms. The summed E-state index contributed by atoms with van der Waals surface area (Å²) in [6.07, 6.45) is -4.98. The number of carbonyl (C=O) groups is 1. The molecule has 1 N–H and O–H groups in total. The molecular weight excluding hydrogens is 510 g/mol. The molecule has 9 heteroatoms. The second kappa shape index (κ2) is 11.0. The van der Waals surface area contributed by atoms with E-state index >= 15 is 0 Å². The van der Waals surface area contributed by atoms with Crippen LogP contribution in [0.5, 0.6) is 0 Å². The van der Waals surface area contributed by atoms with Gasteiger partial charge in [-0.15, -0.1) is 0 Å². The predicted octanol–water partition coefficient (Wildman–Crippen LogP) is 6.27. The SMILES string of the molecule is O=C(OC1CC(c2ccccc2)(c2cc(-c3ccc(F)cc3)n[nH]2)CCN1CCc1ccccc1)C(F)(F)F. The number of rotatable bonds is 7. The number of nitrogens with one attached hydrogen (secondary N) is 1. The summed E-state index contributed by atoms with van der Waals surface area (Å²) >= 11 is 0. The van der Waals surface area contributed by atoms with Crippen LogP contribution in [0.15, 0.2) is 91.0 Å². The minimum atomic E-state index is -5.11. The molecule has 0 aliphatic carbocycles. The smallest absolute Gasteiger partial charge is 0.440 e. The third-order valence-electron chi connectivity index (χ3n) is 7.32. The molecule has 1 fully saturated rings. The standard InChI is InChI=1S/C30H27F4N3O2/c31-24-13-11-22(12-14-24)25-19-26(36-35-25)29(23-9-5-2-6-10-23)16-18-37(17-15-21-7-3-1-4-8-21)27(20-29)39-28(38)30(32,33)34/h1-14,19,27H,15-18,20H2,(H,35,36). The minimum Gasteiger partial charge on any atom is -0.440 e. The molecule has 5 rings (SSSR count). The van der Waals surface area contributed by atoms with Gasteiger partial charge in [0.15, 0.2) is 6.23 Å². The van der Waals surface area contributed by atoms with Crippen molar-refractivity contribution in [1.29, 1.82) is 0 Å². The number of esters is 1. The van der Waals surface area contributed by atoms with Crippen molar-refractivity contribution in [2.24, 2.45) is 0 Å². The number of ether oxygens (including phenoxy) is 1. The number of nitrogens with zero attached hydrogens (tertiary/aromatic N) is 2. The van der Waals surface area contributed by atoms with E-state index in [1.54, 1.807) is 17.0 Å². The summed E-state index contributed by atoms with van der Waals surface area (Å²) in [7, 11) is 0. The van der Waals surface area contributed by atoms with Crippen LogP contribution in [0.1, 0.15) is 29.7 Å². The minimum absolute atomic E-state index is 0.0959. The molecule has 2 unspecified atom stereocenters. The van der Waals surface area contributed by atoms with Crippen LogP contribution in [0.25, 0.3) is 11.3 Å². The van der Waals surface area contributed by atoms with Crippen molar-refractivity contribution >= 4 is 5.97 Å². The van der Waals surface area contributed by atoms with E-state index in [1.807, 2.05) is 66.7 Å². The van der Waals surface area contributed by atoms with Crippen LogP contribution < -0.4 is 0 Å². The summed E-state index contributed by atoms with van der Waals surface area (Å²) in [5.41, 5.74) is 3.07. The van der Waals surface area contributed by atoms with Crippen LogP contribution in [-0.2, 0) is 21.4 Å². The van der Waals surface area contributed by atoms with E-state index in [2.05, 4.69) is 10.2 Å². The molecule has 4 aromatic rings. The van der Waals surface area contributed by atoms with Crippen molar-refractivity contribution in [3.63, 3.8) is 0 Å². The maximum Gasteiger partial charge on any atom is 0.490 e. The van der Waals surface area contributed by atoms with Crippen LogP contribution in [-0.4, -0.2) is 46.6 Å². The molecule has 2 atom stereocenters. The first-order chi connectivity index (χ1) is 18.7. The number of carbonyl (C=O) groups excluding carboxylic acids is 1. The van der Waals surface area contributed by atoms with E-state index in [9.17, 15) is 22.4 Å². The number of piperidine rings is 1. The van der Waals surface area contributed by atoms with E-state index in [-0.39, 0.29) is 12.2 Å². The predicted molar refractivity (Wildman–Crippen MR) is 138 cm³/mol. The molecule has 1 aliphatic rings. The molecule has 2 heterocycles. The van der Waals surface area contributed by atoms with E-state index in [0.29, 0.717) is 42.9 Å². The number of hydrogen-bond donors (Lipinski definition) is 1. The summed E-state index contributed by atoms with van der Waals surface area (Å²) in [5.74, 6) is -2.58. The third kappa shape index (κ3) is 5.88. The molecule has 5 nitrogen and oxygen atoms in total. The second-order valence-electron chi connectivity index (χ2n) is 9.71.